The smallest absolute Gasteiger partial charge is 0.318 e. The average Bonchev–Trinajstić information content (AvgIpc) is 2.93. The molecule has 1 aromatic rings. The number of carbonyl (C=O) groups is 1. The summed E-state index contributed by atoms with van der Waals surface area (Å²) in [6.45, 7) is 0.689. The molecule has 4 rings (SSSR count). The molecule has 0 aliphatic carbocycles. The summed E-state index contributed by atoms with van der Waals surface area (Å²) in [6, 6.07) is 6.08. The summed E-state index contributed by atoms with van der Waals surface area (Å²) in [4.78, 5) is 14.9. The van der Waals surface area contributed by atoms with E-state index in [-0.39, 0.29) is 41.7 Å². The largest absolute Gasteiger partial charge is 0.393 e. The molecule has 1 aromatic carbocycles. The fraction of sp³-hybridized carbons (Fsp3) is 0.632. The number of nitrogens with zero attached hydrogens (tertiary/aromatic N) is 2. The van der Waals surface area contributed by atoms with Crippen molar-refractivity contribution in [3.05, 3.63) is 29.3 Å². The molecule has 3 fully saturated rings. The third kappa shape index (κ3) is 3.87. The normalized spacial score (nSPS) is 31.0. The molecule has 0 radical (unpaired) electrons. The van der Waals surface area contributed by atoms with E-state index < -0.39 is 10.0 Å². The maximum Gasteiger partial charge on any atom is 0.318 e. The van der Waals surface area contributed by atoms with Gasteiger partial charge < -0.3 is 15.3 Å². The van der Waals surface area contributed by atoms with E-state index >= 15 is 0 Å². The number of amides is 2. The van der Waals surface area contributed by atoms with Crippen molar-refractivity contribution in [1.29, 1.82) is 0 Å². The molecule has 0 aromatic heterocycles. The number of fused-ring (bicyclic) bond motifs is 2. The second kappa shape index (κ2) is 7.82. The molecule has 3 aliphatic rings. The minimum Gasteiger partial charge on any atom is -0.393 e. The number of hydrogen-bond acceptors (Lipinski definition) is 4. The lowest BCUT2D eigenvalue weighted by Gasteiger charge is -2.39. The summed E-state index contributed by atoms with van der Waals surface area (Å²) in [5, 5.41) is 13.3. The van der Waals surface area contributed by atoms with E-state index in [1.165, 1.54) is 10.4 Å². The van der Waals surface area contributed by atoms with E-state index in [9.17, 15) is 18.3 Å². The third-order valence-corrected chi connectivity index (χ3v) is 8.18. The van der Waals surface area contributed by atoms with E-state index in [1.54, 1.807) is 18.2 Å². The summed E-state index contributed by atoms with van der Waals surface area (Å²) in [5.41, 5.74) is 0. The fourth-order valence-corrected chi connectivity index (χ4v) is 6.61. The van der Waals surface area contributed by atoms with Crippen molar-refractivity contribution >= 4 is 27.7 Å². The highest BCUT2D eigenvalue weighted by Gasteiger charge is 2.43. The maximum atomic E-state index is 12.9. The van der Waals surface area contributed by atoms with E-state index in [0.29, 0.717) is 30.8 Å². The van der Waals surface area contributed by atoms with Crippen LogP contribution >= 0.6 is 11.6 Å². The van der Waals surface area contributed by atoms with Crippen molar-refractivity contribution in [2.75, 3.05) is 13.1 Å². The Labute approximate surface area is 170 Å². The Hall–Kier alpha value is -1.35. The molecule has 154 valence electrons. The molecule has 3 heterocycles. The fourth-order valence-electron chi connectivity index (χ4n) is 4.78. The summed E-state index contributed by atoms with van der Waals surface area (Å²) >= 11 is 5.95. The Bertz CT molecular complexity index is 835. The van der Waals surface area contributed by atoms with Gasteiger partial charge in [0.05, 0.1) is 11.0 Å². The van der Waals surface area contributed by atoms with Crippen LogP contribution in [0.25, 0.3) is 0 Å². The van der Waals surface area contributed by atoms with Gasteiger partial charge >= 0.3 is 6.03 Å². The number of aliphatic hydroxyl groups is 1. The topological polar surface area (TPSA) is 90.0 Å². The lowest BCUT2D eigenvalue weighted by atomic mass is 10.0. The molecule has 2 amide bonds. The van der Waals surface area contributed by atoms with E-state index in [4.69, 9.17) is 11.6 Å². The van der Waals surface area contributed by atoms with Crippen LogP contribution in [-0.4, -0.2) is 66.1 Å². The lowest BCUT2D eigenvalue weighted by molar-refractivity contribution is 0.0528. The Morgan fingerprint density at radius 2 is 1.89 bits per heavy atom. The first-order valence-corrected chi connectivity index (χ1v) is 11.7. The quantitative estimate of drug-likeness (QED) is 0.773. The van der Waals surface area contributed by atoms with E-state index in [2.05, 4.69) is 5.32 Å². The number of halogens is 1. The summed E-state index contributed by atoms with van der Waals surface area (Å²) < 4.78 is 27.3. The number of piperidine rings is 2. The van der Waals surface area contributed by atoms with Crippen LogP contribution in [-0.2, 0) is 10.0 Å². The van der Waals surface area contributed by atoms with Crippen LogP contribution in [0.3, 0.4) is 0 Å². The SMILES string of the molecule is O=C(N[C@H]1CCCN(S(=O)(=O)c2cccc(Cl)c2)C1)N1[C@H]2CC[C@H]1CC(O)C2. The molecule has 2 N–H and O–H groups in total. The minimum absolute atomic E-state index is 0.0867. The molecule has 3 aliphatic heterocycles. The maximum absolute atomic E-state index is 12.9. The van der Waals surface area contributed by atoms with Crippen LogP contribution in [0.1, 0.15) is 38.5 Å². The van der Waals surface area contributed by atoms with Gasteiger partial charge in [0.25, 0.3) is 0 Å². The molecule has 0 saturated carbocycles. The summed E-state index contributed by atoms with van der Waals surface area (Å²) in [5.74, 6) is 0. The first-order valence-electron chi connectivity index (χ1n) is 9.87. The van der Waals surface area contributed by atoms with Crippen LogP contribution in [0, 0.1) is 0 Å². The standard InChI is InChI=1S/C19H26ClN3O4S/c20-13-3-1-5-18(9-13)28(26,27)22-8-2-4-14(12-22)21-19(25)23-15-6-7-16(23)11-17(24)10-15/h1,3,5,9,14-17,24H,2,4,6-8,10-12H2,(H,21,25)/t14-,15-,16-/m0/s1. The summed E-state index contributed by atoms with van der Waals surface area (Å²) in [7, 11) is -3.64. The zero-order valence-corrected chi connectivity index (χ0v) is 17.2. The zero-order chi connectivity index (χ0) is 19.9. The molecular formula is C19H26ClN3O4S. The highest BCUT2D eigenvalue weighted by molar-refractivity contribution is 7.89. The molecule has 7 nitrogen and oxygen atoms in total. The van der Waals surface area contributed by atoms with Gasteiger partial charge in [0.2, 0.25) is 10.0 Å². The van der Waals surface area contributed by atoms with Gasteiger partial charge in [-0.1, -0.05) is 17.7 Å². The number of sulfonamides is 1. The van der Waals surface area contributed by atoms with Crippen molar-refractivity contribution in [2.45, 2.75) is 67.6 Å². The highest BCUT2D eigenvalue weighted by Crippen LogP contribution is 2.35. The van der Waals surface area contributed by atoms with Gasteiger partial charge in [0.15, 0.2) is 0 Å². The predicted octanol–water partition coefficient (Wildman–Crippen LogP) is 2.19. The molecular weight excluding hydrogens is 402 g/mol. The van der Waals surface area contributed by atoms with E-state index in [1.807, 2.05) is 4.90 Å². The zero-order valence-electron chi connectivity index (χ0n) is 15.6. The van der Waals surface area contributed by atoms with Crippen LogP contribution in [0.15, 0.2) is 29.2 Å². The van der Waals surface area contributed by atoms with Gasteiger partial charge in [-0.15, -0.1) is 0 Å². The van der Waals surface area contributed by atoms with Crippen LogP contribution in [0.2, 0.25) is 5.02 Å². The monoisotopic (exact) mass is 427 g/mol. The first-order chi connectivity index (χ1) is 13.3. The molecule has 3 atom stereocenters. The Morgan fingerprint density at radius 1 is 1.18 bits per heavy atom. The number of aliphatic hydroxyl groups excluding tert-OH is 1. The van der Waals surface area contributed by atoms with Crippen molar-refractivity contribution < 1.29 is 18.3 Å². The van der Waals surface area contributed by atoms with Crippen LogP contribution < -0.4 is 5.32 Å². The number of rotatable bonds is 3. The van der Waals surface area contributed by atoms with Gasteiger partial charge in [0, 0.05) is 36.2 Å². The van der Waals surface area contributed by atoms with Gasteiger partial charge in [-0.3, -0.25) is 0 Å². The third-order valence-electron chi connectivity index (χ3n) is 6.09. The number of hydrogen-bond donors (Lipinski definition) is 2. The Kier molecular flexibility index (Phi) is 5.57. The number of urea groups is 1. The second-order valence-corrected chi connectivity index (χ2v) is 10.4. The van der Waals surface area contributed by atoms with Gasteiger partial charge in [0.1, 0.15) is 0 Å². The highest BCUT2D eigenvalue weighted by atomic mass is 35.5. The van der Waals surface area contributed by atoms with Crippen LogP contribution in [0.4, 0.5) is 4.79 Å². The molecule has 2 bridgehead atoms. The van der Waals surface area contributed by atoms with Crippen molar-refractivity contribution in [2.24, 2.45) is 0 Å². The number of carbonyl (C=O) groups excluding carboxylic acids is 1. The predicted molar refractivity (Wildman–Crippen MR) is 106 cm³/mol. The molecule has 9 heteroatoms. The minimum atomic E-state index is -3.64. The van der Waals surface area contributed by atoms with Crippen molar-refractivity contribution in [3.8, 4) is 0 Å². The van der Waals surface area contributed by atoms with Crippen molar-refractivity contribution in [1.82, 2.24) is 14.5 Å². The molecule has 28 heavy (non-hydrogen) atoms. The van der Waals surface area contributed by atoms with E-state index in [0.717, 1.165) is 19.3 Å². The molecule has 3 saturated heterocycles. The van der Waals surface area contributed by atoms with Gasteiger partial charge in [-0.25, -0.2) is 13.2 Å². The average molecular weight is 428 g/mol. The van der Waals surface area contributed by atoms with Crippen LogP contribution in [0.5, 0.6) is 0 Å². The number of benzene rings is 1. The summed E-state index contributed by atoms with van der Waals surface area (Å²) in [6.07, 6.45) is 4.22. The second-order valence-electron chi connectivity index (χ2n) is 8.03. The first kappa shape index (κ1) is 19.9. The van der Waals surface area contributed by atoms with Gasteiger partial charge in [-0.2, -0.15) is 4.31 Å². The van der Waals surface area contributed by atoms with Crippen molar-refractivity contribution in [3.63, 3.8) is 0 Å². The molecule has 0 spiro atoms. The lowest BCUT2D eigenvalue weighted by Crippen LogP contribution is -2.56. The Morgan fingerprint density at radius 3 is 2.57 bits per heavy atom. The number of nitrogens with one attached hydrogen (secondary N) is 1. The Balaban J connectivity index is 1.42. The molecule has 0 unspecified atom stereocenters. The van der Waals surface area contributed by atoms with Gasteiger partial charge in [-0.05, 0) is 56.7 Å².